The molecule has 2 aromatic heterocycles. The largest absolute Gasteiger partial charge is 0.493 e. The third kappa shape index (κ3) is 12.5. The molecule has 0 unspecified atom stereocenters. The quantitative estimate of drug-likeness (QED) is 0.127. The van der Waals surface area contributed by atoms with E-state index in [1.807, 2.05) is 41.4 Å². The lowest BCUT2D eigenvalue weighted by atomic mass is 10.0. The van der Waals surface area contributed by atoms with Crippen molar-refractivity contribution in [2.45, 2.75) is 50.5 Å². The zero-order valence-corrected chi connectivity index (χ0v) is 31.2. The summed E-state index contributed by atoms with van der Waals surface area (Å²) in [6.45, 7) is 3.35. The number of aromatic nitrogens is 3. The van der Waals surface area contributed by atoms with Gasteiger partial charge in [-0.3, -0.25) is 0 Å². The van der Waals surface area contributed by atoms with Gasteiger partial charge in [0.15, 0.2) is 5.82 Å². The van der Waals surface area contributed by atoms with Crippen molar-refractivity contribution < 1.29 is 55.7 Å². The van der Waals surface area contributed by atoms with Gasteiger partial charge in [0.05, 0.1) is 12.8 Å². The lowest BCUT2D eigenvalue weighted by Crippen LogP contribution is -2.53. The second kappa shape index (κ2) is 18.9. The van der Waals surface area contributed by atoms with Crippen molar-refractivity contribution in [2.75, 3.05) is 48.3 Å². The number of hydrogen-bond donors (Lipinski definition) is 5. The summed E-state index contributed by atoms with van der Waals surface area (Å²) in [6.07, 6.45) is -1.42. The number of fused-ring (bicyclic) bond motifs is 6. The maximum atomic E-state index is 12.8. The fourth-order valence-electron chi connectivity index (χ4n) is 6.05. The van der Waals surface area contributed by atoms with E-state index in [2.05, 4.69) is 55.1 Å². The first-order valence-electron chi connectivity index (χ1n) is 17.7. The Balaban J connectivity index is 0.000000393. The van der Waals surface area contributed by atoms with Crippen molar-refractivity contribution >= 4 is 58.5 Å². The number of halogens is 7. The summed E-state index contributed by atoms with van der Waals surface area (Å²) in [5.74, 6) is -2.90. The van der Waals surface area contributed by atoms with E-state index in [-0.39, 0.29) is 6.03 Å². The normalized spacial score (nSPS) is 15.4. The average molecular weight is 839 g/mol. The highest BCUT2D eigenvalue weighted by Crippen LogP contribution is 2.31. The van der Waals surface area contributed by atoms with E-state index in [0.717, 1.165) is 72.0 Å². The Labute approximate surface area is 332 Å². The Morgan fingerprint density at radius 2 is 1.50 bits per heavy atom. The standard InChI is InChI=1S/C33H35ClN8O2.2C2HF3O2/c34-29-21-36-32-38-27-17-22(9-15-44-28-7-3-6-26(20-28)37-31(29)40-32)16-24(18-27)23-8-10-35-30(19-23)41-11-13-42(14-12-41)33(43)39-25-4-1-2-5-25;2*3-2(4,5)1(6)7/h3,6-8,10,16-21,25H,1-2,4-5,9,11-15H2,(H,39,43)(H2,36,37,38,40);2*(H,6,7). The van der Waals surface area contributed by atoms with Crippen LogP contribution in [0.15, 0.2) is 67.0 Å². The van der Waals surface area contributed by atoms with Gasteiger partial charge < -0.3 is 40.7 Å². The number of ether oxygens (including phenoxy) is 1. The number of carboxylic acids is 2. The number of carboxylic acid groups (broad SMARTS) is 2. The number of hydrogen-bond acceptors (Lipinski definition) is 10. The number of urea groups is 1. The van der Waals surface area contributed by atoms with Crippen LogP contribution in [0.2, 0.25) is 5.02 Å². The Bertz CT molecular complexity index is 2050. The van der Waals surface area contributed by atoms with Crippen molar-refractivity contribution in [2.24, 2.45) is 0 Å². The Kier molecular flexibility index (Phi) is 14.1. The molecule has 4 heterocycles. The number of carbonyl (C=O) groups excluding carboxylic acids is 1. The molecule has 14 nitrogen and oxygen atoms in total. The number of nitrogens with zero attached hydrogens (tertiary/aromatic N) is 5. The highest BCUT2D eigenvalue weighted by atomic mass is 35.5. The van der Waals surface area contributed by atoms with Crippen LogP contribution in [0.25, 0.3) is 11.1 Å². The van der Waals surface area contributed by atoms with E-state index < -0.39 is 24.3 Å². The number of benzene rings is 2. The summed E-state index contributed by atoms with van der Waals surface area (Å²) >= 11 is 6.42. The first kappa shape index (κ1) is 43.1. The van der Waals surface area contributed by atoms with E-state index in [1.54, 1.807) is 6.20 Å². The molecule has 4 aromatic rings. The van der Waals surface area contributed by atoms with Gasteiger partial charge in [0.25, 0.3) is 0 Å². The monoisotopic (exact) mass is 838 g/mol. The number of rotatable bonds is 3. The zero-order chi connectivity index (χ0) is 42.0. The van der Waals surface area contributed by atoms with Crippen LogP contribution in [0.5, 0.6) is 5.75 Å². The van der Waals surface area contributed by atoms with E-state index in [4.69, 9.17) is 41.1 Å². The summed E-state index contributed by atoms with van der Waals surface area (Å²) in [7, 11) is 0. The topological polar surface area (TPSA) is 182 Å². The van der Waals surface area contributed by atoms with Crippen LogP contribution >= 0.6 is 11.6 Å². The van der Waals surface area contributed by atoms with Crippen molar-refractivity contribution in [3.63, 3.8) is 0 Å². The maximum absolute atomic E-state index is 12.8. The molecule has 21 heteroatoms. The molecular formula is C37H37ClF6N8O6. The fraction of sp³-hybridized carbons (Fsp3) is 0.351. The van der Waals surface area contributed by atoms with Crippen LogP contribution < -0.4 is 25.6 Å². The van der Waals surface area contributed by atoms with Gasteiger partial charge in [0.1, 0.15) is 16.6 Å². The Morgan fingerprint density at radius 1 is 0.828 bits per heavy atom. The number of nitrogens with one attached hydrogen (secondary N) is 3. The molecule has 7 rings (SSSR count). The minimum Gasteiger partial charge on any atom is -0.493 e. The molecule has 0 radical (unpaired) electrons. The molecular weight excluding hydrogens is 802 g/mol. The fourth-order valence-corrected chi connectivity index (χ4v) is 6.19. The molecule has 58 heavy (non-hydrogen) atoms. The number of aliphatic carboxylic acids is 2. The molecule has 1 saturated heterocycles. The van der Waals surface area contributed by atoms with Gasteiger partial charge in [-0.05, 0) is 65.9 Å². The first-order chi connectivity index (χ1) is 27.4. The molecule has 3 aliphatic rings. The molecule has 0 spiro atoms. The summed E-state index contributed by atoms with van der Waals surface area (Å²) in [6, 6.07) is 18.7. The molecule has 310 valence electrons. The summed E-state index contributed by atoms with van der Waals surface area (Å²) in [5.41, 5.74) is 4.90. The third-order valence-electron chi connectivity index (χ3n) is 8.89. The summed E-state index contributed by atoms with van der Waals surface area (Å²) in [4.78, 5) is 48.5. The Morgan fingerprint density at radius 3 is 2.16 bits per heavy atom. The second-order valence-corrected chi connectivity index (χ2v) is 13.5. The zero-order valence-electron chi connectivity index (χ0n) is 30.4. The lowest BCUT2D eigenvalue weighted by Gasteiger charge is -2.36. The van der Waals surface area contributed by atoms with Gasteiger partial charge in [-0.25, -0.2) is 24.4 Å². The smallest absolute Gasteiger partial charge is 0.490 e. The number of anilines is 5. The molecule has 6 bridgehead atoms. The maximum Gasteiger partial charge on any atom is 0.490 e. The average Bonchev–Trinajstić information content (AvgIpc) is 3.69. The predicted molar refractivity (Wildman–Crippen MR) is 201 cm³/mol. The van der Waals surface area contributed by atoms with Crippen LogP contribution in [0, 0.1) is 0 Å². The molecule has 2 aromatic carbocycles. The highest BCUT2D eigenvalue weighted by molar-refractivity contribution is 6.32. The minimum atomic E-state index is -5.08. The van der Waals surface area contributed by atoms with Crippen LogP contribution in [-0.4, -0.2) is 99.2 Å². The minimum absolute atomic E-state index is 0.0605. The summed E-state index contributed by atoms with van der Waals surface area (Å²) in [5, 5.41) is 24.5. The molecule has 2 amide bonds. The van der Waals surface area contributed by atoms with E-state index >= 15 is 0 Å². The second-order valence-electron chi connectivity index (χ2n) is 13.1. The lowest BCUT2D eigenvalue weighted by molar-refractivity contribution is -0.193. The van der Waals surface area contributed by atoms with Crippen LogP contribution in [-0.2, 0) is 16.0 Å². The number of alkyl halides is 6. The van der Waals surface area contributed by atoms with E-state index in [1.165, 1.54) is 12.8 Å². The van der Waals surface area contributed by atoms with Crippen LogP contribution in [0.4, 0.5) is 60.1 Å². The third-order valence-corrected chi connectivity index (χ3v) is 9.16. The van der Waals surface area contributed by atoms with Crippen LogP contribution in [0.3, 0.4) is 0 Å². The molecule has 2 fully saturated rings. The number of amides is 2. The van der Waals surface area contributed by atoms with Gasteiger partial charge in [-0.15, -0.1) is 0 Å². The predicted octanol–water partition coefficient (Wildman–Crippen LogP) is 7.65. The highest BCUT2D eigenvalue weighted by Gasteiger charge is 2.39. The summed E-state index contributed by atoms with van der Waals surface area (Å²) < 4.78 is 69.6. The van der Waals surface area contributed by atoms with Crippen molar-refractivity contribution in [1.82, 2.24) is 25.2 Å². The first-order valence-corrected chi connectivity index (χ1v) is 18.1. The molecule has 1 aliphatic carbocycles. The number of carbonyl (C=O) groups is 3. The Hall–Kier alpha value is -6.05. The SMILES string of the molecule is O=C(NC1CCCC1)N1CCN(c2cc(-c3cc4cc(c3)Nc3ncc(Cl)c(n3)Nc3cccc(c3)OCC4)ccn2)CC1.O=C(O)C(F)(F)F.O=C(O)C(F)(F)F. The molecule has 0 atom stereocenters. The van der Waals surface area contributed by atoms with Gasteiger partial charge >= 0.3 is 30.3 Å². The van der Waals surface area contributed by atoms with Gasteiger partial charge in [0, 0.05) is 62.3 Å². The van der Waals surface area contributed by atoms with Crippen molar-refractivity contribution in [1.29, 1.82) is 0 Å². The van der Waals surface area contributed by atoms with E-state index in [9.17, 15) is 31.1 Å². The molecule has 2 aliphatic heterocycles. The van der Waals surface area contributed by atoms with Crippen molar-refractivity contribution in [3.8, 4) is 16.9 Å². The number of piperazine rings is 1. The van der Waals surface area contributed by atoms with Gasteiger partial charge in [-0.1, -0.05) is 36.6 Å². The van der Waals surface area contributed by atoms with Crippen molar-refractivity contribution in [3.05, 3.63) is 77.6 Å². The van der Waals surface area contributed by atoms with Crippen LogP contribution in [0.1, 0.15) is 31.2 Å². The number of pyridine rings is 1. The van der Waals surface area contributed by atoms with Gasteiger partial charge in [0.2, 0.25) is 5.95 Å². The van der Waals surface area contributed by atoms with Gasteiger partial charge in [-0.2, -0.15) is 31.3 Å². The molecule has 5 N–H and O–H groups in total. The molecule has 1 saturated carbocycles. The van der Waals surface area contributed by atoms with E-state index in [0.29, 0.717) is 42.5 Å².